The van der Waals surface area contributed by atoms with Crippen molar-refractivity contribution < 1.29 is 4.84 Å². The van der Waals surface area contributed by atoms with Gasteiger partial charge in [-0.25, -0.2) is 4.98 Å². The molecule has 0 aromatic carbocycles. The molecule has 0 saturated carbocycles. The molecular formula is C13H17N3OS2. The van der Waals surface area contributed by atoms with Crippen molar-refractivity contribution in [3.05, 3.63) is 38.5 Å². The fourth-order valence-corrected chi connectivity index (χ4v) is 2.87. The fourth-order valence-electron chi connectivity index (χ4n) is 1.35. The van der Waals surface area contributed by atoms with Crippen LogP contribution in [0.2, 0.25) is 0 Å². The van der Waals surface area contributed by atoms with E-state index in [1.165, 1.54) is 11.3 Å². The third-order valence-corrected chi connectivity index (χ3v) is 4.55. The molecule has 0 saturated heterocycles. The Labute approximate surface area is 120 Å². The monoisotopic (exact) mass is 295 g/mol. The smallest absolute Gasteiger partial charge is 0.180 e. The zero-order chi connectivity index (χ0) is 13.9. The van der Waals surface area contributed by atoms with Gasteiger partial charge in [0.05, 0.1) is 15.6 Å². The molecule has 0 aliphatic heterocycles. The Morgan fingerprint density at radius 3 is 2.79 bits per heavy atom. The third kappa shape index (κ3) is 3.78. The zero-order valence-electron chi connectivity index (χ0n) is 11.2. The number of thiazole rings is 1. The third-order valence-electron chi connectivity index (χ3n) is 2.34. The molecule has 0 aliphatic rings. The van der Waals surface area contributed by atoms with E-state index in [4.69, 9.17) is 10.6 Å². The lowest BCUT2D eigenvalue weighted by Gasteiger charge is -2.13. The number of oxime groups is 1. The number of aromatic nitrogens is 1. The average molecular weight is 295 g/mol. The predicted molar refractivity (Wildman–Crippen MR) is 80.6 cm³/mol. The molecule has 19 heavy (non-hydrogen) atoms. The Bertz CT molecular complexity index is 553. The van der Waals surface area contributed by atoms with Gasteiger partial charge in [0.15, 0.2) is 12.4 Å². The molecule has 2 aromatic heterocycles. The number of nitrogens with zero attached hydrogens (tertiary/aromatic N) is 2. The number of thiophene rings is 1. The molecule has 0 bridgehead atoms. The van der Waals surface area contributed by atoms with Crippen LogP contribution in [0.5, 0.6) is 0 Å². The van der Waals surface area contributed by atoms with Crippen molar-refractivity contribution in [2.45, 2.75) is 32.8 Å². The molecule has 0 radical (unpaired) electrons. The summed E-state index contributed by atoms with van der Waals surface area (Å²) >= 11 is 3.18. The molecule has 0 aliphatic carbocycles. The van der Waals surface area contributed by atoms with Gasteiger partial charge in [-0.1, -0.05) is 32.0 Å². The maximum Gasteiger partial charge on any atom is 0.180 e. The molecule has 2 rings (SSSR count). The van der Waals surface area contributed by atoms with Crippen molar-refractivity contribution in [1.82, 2.24) is 4.98 Å². The van der Waals surface area contributed by atoms with Crippen LogP contribution in [0.4, 0.5) is 0 Å². The number of hydrogen-bond donors (Lipinski definition) is 1. The highest BCUT2D eigenvalue weighted by Gasteiger charge is 2.17. The second kappa shape index (κ2) is 5.71. The first-order valence-electron chi connectivity index (χ1n) is 5.91. The number of hydrogen-bond acceptors (Lipinski definition) is 5. The Hall–Kier alpha value is -1.40. The Kier molecular flexibility index (Phi) is 4.21. The van der Waals surface area contributed by atoms with Crippen LogP contribution >= 0.6 is 22.7 Å². The van der Waals surface area contributed by atoms with Crippen molar-refractivity contribution in [2.24, 2.45) is 10.9 Å². The normalized spacial score (nSPS) is 12.7. The Morgan fingerprint density at radius 2 is 2.21 bits per heavy atom. The van der Waals surface area contributed by atoms with E-state index in [-0.39, 0.29) is 5.41 Å². The summed E-state index contributed by atoms with van der Waals surface area (Å²) < 4.78 is 0. The maximum absolute atomic E-state index is 5.80. The van der Waals surface area contributed by atoms with Crippen LogP contribution in [-0.2, 0) is 16.9 Å². The molecule has 0 atom stereocenters. The topological polar surface area (TPSA) is 60.5 Å². The quantitative estimate of drug-likeness (QED) is 0.534. The largest absolute Gasteiger partial charge is 0.388 e. The molecule has 102 valence electrons. The molecule has 2 aromatic rings. The van der Waals surface area contributed by atoms with Crippen LogP contribution in [0.3, 0.4) is 0 Å². The maximum atomic E-state index is 5.80. The molecule has 4 nitrogen and oxygen atoms in total. The molecule has 0 fully saturated rings. The lowest BCUT2D eigenvalue weighted by atomic mass is 9.98. The van der Waals surface area contributed by atoms with E-state index >= 15 is 0 Å². The van der Waals surface area contributed by atoms with E-state index in [9.17, 15) is 0 Å². The van der Waals surface area contributed by atoms with Gasteiger partial charge in [0, 0.05) is 10.8 Å². The second-order valence-electron chi connectivity index (χ2n) is 5.12. The molecule has 0 unspecified atom stereocenters. The zero-order valence-corrected chi connectivity index (χ0v) is 12.8. The molecule has 0 amide bonds. The van der Waals surface area contributed by atoms with Crippen LogP contribution in [0.25, 0.3) is 0 Å². The lowest BCUT2D eigenvalue weighted by molar-refractivity contribution is 0.128. The summed E-state index contributed by atoms with van der Waals surface area (Å²) in [6, 6.07) is 3.84. The van der Waals surface area contributed by atoms with Gasteiger partial charge in [-0.05, 0) is 11.4 Å². The predicted octanol–water partition coefficient (Wildman–Crippen LogP) is 3.34. The Balaban J connectivity index is 1.93. The van der Waals surface area contributed by atoms with Crippen LogP contribution in [0, 0.1) is 0 Å². The van der Waals surface area contributed by atoms with E-state index in [1.807, 2.05) is 22.9 Å². The van der Waals surface area contributed by atoms with Gasteiger partial charge < -0.3 is 10.6 Å². The van der Waals surface area contributed by atoms with Crippen molar-refractivity contribution >= 4 is 28.5 Å². The highest BCUT2D eigenvalue weighted by atomic mass is 32.1. The van der Waals surface area contributed by atoms with E-state index in [0.717, 1.165) is 15.6 Å². The molecule has 2 N–H and O–H groups in total. The summed E-state index contributed by atoms with van der Waals surface area (Å²) in [7, 11) is 0. The van der Waals surface area contributed by atoms with Gasteiger partial charge in [-0.3, -0.25) is 0 Å². The molecule has 6 heteroatoms. The molecule has 2 heterocycles. The number of nitrogens with two attached hydrogens (primary N) is 1. The van der Waals surface area contributed by atoms with Gasteiger partial charge in [0.25, 0.3) is 0 Å². The van der Waals surface area contributed by atoms with E-state index in [0.29, 0.717) is 12.4 Å². The Morgan fingerprint density at radius 1 is 1.42 bits per heavy atom. The van der Waals surface area contributed by atoms with Crippen molar-refractivity contribution in [1.29, 1.82) is 0 Å². The van der Waals surface area contributed by atoms with Crippen molar-refractivity contribution in [2.75, 3.05) is 0 Å². The summed E-state index contributed by atoms with van der Waals surface area (Å²) in [6.45, 7) is 6.77. The molecular weight excluding hydrogens is 278 g/mol. The van der Waals surface area contributed by atoms with Crippen LogP contribution in [0.15, 0.2) is 28.0 Å². The van der Waals surface area contributed by atoms with Crippen LogP contribution in [-0.4, -0.2) is 10.8 Å². The standard InChI is InChI=1S/C13H17N3OS2/c1-13(2,3)12-15-9(8-19-12)7-17-16-11(14)10-5-4-6-18-10/h4-6,8H,7H2,1-3H3,(H2,14,16). The minimum Gasteiger partial charge on any atom is -0.388 e. The van der Waals surface area contributed by atoms with E-state index in [1.54, 1.807) is 11.3 Å². The van der Waals surface area contributed by atoms with E-state index in [2.05, 4.69) is 30.9 Å². The summed E-state index contributed by atoms with van der Waals surface area (Å²) in [5.41, 5.74) is 6.75. The van der Waals surface area contributed by atoms with E-state index < -0.39 is 0 Å². The van der Waals surface area contributed by atoms with Gasteiger partial charge in [-0.2, -0.15) is 0 Å². The lowest BCUT2D eigenvalue weighted by Crippen LogP contribution is -2.12. The highest BCUT2D eigenvalue weighted by Crippen LogP contribution is 2.25. The minimum atomic E-state index is 0.0716. The minimum absolute atomic E-state index is 0.0716. The highest BCUT2D eigenvalue weighted by molar-refractivity contribution is 7.12. The average Bonchev–Trinajstić information content (AvgIpc) is 2.99. The second-order valence-corrected chi connectivity index (χ2v) is 6.93. The molecule has 0 spiro atoms. The number of amidine groups is 1. The fraction of sp³-hybridized carbons (Fsp3) is 0.385. The van der Waals surface area contributed by atoms with Crippen LogP contribution < -0.4 is 5.73 Å². The first kappa shape index (κ1) is 14.0. The summed E-state index contributed by atoms with van der Waals surface area (Å²) in [5.74, 6) is 0.404. The van der Waals surface area contributed by atoms with Gasteiger partial charge in [-0.15, -0.1) is 22.7 Å². The van der Waals surface area contributed by atoms with Gasteiger partial charge >= 0.3 is 0 Å². The SMILES string of the molecule is CC(C)(C)c1nc(CON=C(N)c2cccs2)cs1. The summed E-state index contributed by atoms with van der Waals surface area (Å²) in [6.07, 6.45) is 0. The van der Waals surface area contributed by atoms with Gasteiger partial charge in [0.2, 0.25) is 0 Å². The first-order chi connectivity index (χ1) is 8.97. The summed E-state index contributed by atoms with van der Waals surface area (Å²) in [5, 5.41) is 8.95. The van der Waals surface area contributed by atoms with Crippen molar-refractivity contribution in [3.63, 3.8) is 0 Å². The van der Waals surface area contributed by atoms with Gasteiger partial charge in [0.1, 0.15) is 0 Å². The summed E-state index contributed by atoms with van der Waals surface area (Å²) in [4.78, 5) is 10.7. The van der Waals surface area contributed by atoms with Crippen molar-refractivity contribution in [3.8, 4) is 0 Å². The number of rotatable bonds is 4. The first-order valence-corrected chi connectivity index (χ1v) is 7.67. The van der Waals surface area contributed by atoms with Crippen LogP contribution in [0.1, 0.15) is 36.3 Å².